The Hall–Kier alpha value is -2.77. The predicted octanol–water partition coefficient (Wildman–Crippen LogP) is 5.42. The van der Waals surface area contributed by atoms with Crippen molar-refractivity contribution in [1.29, 1.82) is 0 Å². The van der Waals surface area contributed by atoms with Crippen molar-refractivity contribution in [2.24, 2.45) is 10.2 Å². The highest BCUT2D eigenvalue weighted by Gasteiger charge is 2.05. The number of nitrogens with zero attached hydrogens (tertiary/aromatic N) is 2. The molecule has 0 heterocycles. The average Bonchev–Trinajstić information content (AvgIpc) is 2.71. The van der Waals surface area contributed by atoms with Crippen molar-refractivity contribution >= 4 is 55.9 Å². The van der Waals surface area contributed by atoms with Crippen molar-refractivity contribution < 1.29 is 4.79 Å². The van der Waals surface area contributed by atoms with E-state index in [1.165, 1.54) is 0 Å². The molecule has 0 aliphatic carbocycles. The van der Waals surface area contributed by atoms with E-state index in [-0.39, 0.29) is 5.91 Å². The topological polar surface area (TPSA) is 65.8 Å². The summed E-state index contributed by atoms with van der Waals surface area (Å²) in [6, 6.07) is 22.4. The zero-order valence-electron chi connectivity index (χ0n) is 14.6. The molecule has 0 saturated carbocycles. The molecule has 7 heteroatoms. The Bertz CT molecular complexity index is 1030. The first-order valence-electron chi connectivity index (χ1n) is 8.35. The van der Waals surface area contributed by atoms with Crippen LogP contribution in [0.4, 0.5) is 5.69 Å². The summed E-state index contributed by atoms with van der Waals surface area (Å²) in [5.41, 5.74) is 8.46. The largest absolute Gasteiger partial charge is 0.278 e. The SMILES string of the molecule is O=C(N/N=C/c1ccccc1Br)c1cccc(N/N=C/c2ccccc2Br)c1. The standard InChI is InChI=1S/C21H16Br2N4O/c22-19-10-3-1-6-16(19)13-24-26-18-9-5-8-15(12-18)21(28)27-25-14-17-7-2-4-11-20(17)23/h1-14,26H,(H,27,28)/b24-13+,25-14+. The van der Waals surface area contributed by atoms with Gasteiger partial charge in [-0.25, -0.2) is 5.43 Å². The van der Waals surface area contributed by atoms with Gasteiger partial charge in [-0.15, -0.1) is 0 Å². The second-order valence-corrected chi connectivity index (χ2v) is 7.40. The van der Waals surface area contributed by atoms with E-state index in [2.05, 4.69) is 52.9 Å². The molecule has 0 unspecified atom stereocenters. The van der Waals surface area contributed by atoms with Crippen molar-refractivity contribution in [2.45, 2.75) is 0 Å². The lowest BCUT2D eigenvalue weighted by Gasteiger charge is -2.04. The Morgan fingerprint density at radius 3 is 2.04 bits per heavy atom. The second kappa shape index (κ2) is 9.96. The molecule has 3 aromatic carbocycles. The highest BCUT2D eigenvalue weighted by molar-refractivity contribution is 9.10. The van der Waals surface area contributed by atoms with E-state index in [1.54, 1.807) is 30.6 Å². The Morgan fingerprint density at radius 2 is 1.39 bits per heavy atom. The van der Waals surface area contributed by atoms with Crippen molar-refractivity contribution in [3.63, 3.8) is 0 Å². The monoisotopic (exact) mass is 498 g/mol. The summed E-state index contributed by atoms with van der Waals surface area (Å²) in [7, 11) is 0. The third kappa shape index (κ3) is 5.61. The predicted molar refractivity (Wildman–Crippen MR) is 121 cm³/mol. The van der Waals surface area contributed by atoms with Gasteiger partial charge in [-0.1, -0.05) is 74.3 Å². The lowest BCUT2D eigenvalue weighted by molar-refractivity contribution is 0.0955. The number of nitrogens with one attached hydrogen (secondary N) is 2. The Balaban J connectivity index is 1.61. The van der Waals surface area contributed by atoms with Crippen LogP contribution >= 0.6 is 31.9 Å². The number of anilines is 1. The maximum absolute atomic E-state index is 12.3. The van der Waals surface area contributed by atoms with Gasteiger partial charge in [-0.05, 0) is 30.3 Å². The number of hydrazone groups is 2. The van der Waals surface area contributed by atoms with E-state index in [1.807, 2.05) is 54.6 Å². The third-order valence-electron chi connectivity index (χ3n) is 3.70. The van der Waals surface area contributed by atoms with Crippen molar-refractivity contribution in [3.05, 3.63) is 98.4 Å². The number of hydrogen-bond acceptors (Lipinski definition) is 4. The first kappa shape index (κ1) is 20.0. The summed E-state index contributed by atoms with van der Waals surface area (Å²) in [6.45, 7) is 0. The van der Waals surface area contributed by atoms with Crippen molar-refractivity contribution in [1.82, 2.24) is 5.43 Å². The van der Waals surface area contributed by atoms with Gasteiger partial charge in [0.25, 0.3) is 5.91 Å². The van der Waals surface area contributed by atoms with E-state index >= 15 is 0 Å². The van der Waals surface area contributed by atoms with Crippen LogP contribution in [0.1, 0.15) is 21.5 Å². The molecule has 0 atom stereocenters. The van der Waals surface area contributed by atoms with Gasteiger partial charge in [0.1, 0.15) is 0 Å². The van der Waals surface area contributed by atoms with Crippen molar-refractivity contribution in [2.75, 3.05) is 5.43 Å². The fourth-order valence-electron chi connectivity index (χ4n) is 2.29. The molecule has 0 aromatic heterocycles. The van der Waals surface area contributed by atoms with Crippen LogP contribution in [-0.4, -0.2) is 18.3 Å². The molecule has 0 bridgehead atoms. The lowest BCUT2D eigenvalue weighted by atomic mass is 10.2. The summed E-state index contributed by atoms with van der Waals surface area (Å²) in [5.74, 6) is -0.304. The molecule has 0 fully saturated rings. The van der Waals surface area contributed by atoms with Crippen LogP contribution in [0.15, 0.2) is 91.9 Å². The Morgan fingerprint density at radius 1 is 0.786 bits per heavy atom. The van der Waals surface area contributed by atoms with E-state index in [0.717, 1.165) is 20.1 Å². The van der Waals surface area contributed by atoms with Crippen LogP contribution in [-0.2, 0) is 0 Å². The zero-order valence-corrected chi connectivity index (χ0v) is 17.8. The molecule has 0 aliphatic rings. The lowest BCUT2D eigenvalue weighted by Crippen LogP contribution is -2.17. The summed E-state index contributed by atoms with van der Waals surface area (Å²) < 4.78 is 1.86. The smallest absolute Gasteiger partial charge is 0.271 e. The highest BCUT2D eigenvalue weighted by Crippen LogP contribution is 2.15. The van der Waals surface area contributed by atoms with Crippen LogP contribution in [0, 0.1) is 0 Å². The Kier molecular flexibility index (Phi) is 7.11. The molecule has 3 rings (SSSR count). The highest BCUT2D eigenvalue weighted by atomic mass is 79.9. The van der Waals surface area contributed by atoms with Gasteiger partial charge in [0, 0.05) is 25.6 Å². The van der Waals surface area contributed by atoms with Gasteiger partial charge in [-0.3, -0.25) is 10.2 Å². The number of benzene rings is 3. The second-order valence-electron chi connectivity index (χ2n) is 5.69. The number of rotatable bonds is 6. The van der Waals surface area contributed by atoms with E-state index in [9.17, 15) is 4.79 Å². The van der Waals surface area contributed by atoms with Gasteiger partial charge in [0.05, 0.1) is 18.1 Å². The quantitative estimate of drug-likeness (QED) is 0.351. The van der Waals surface area contributed by atoms with Gasteiger partial charge in [-0.2, -0.15) is 10.2 Å². The molecule has 0 radical (unpaired) electrons. The maximum Gasteiger partial charge on any atom is 0.271 e. The Labute approximate surface area is 179 Å². The number of amides is 1. The molecule has 0 spiro atoms. The molecular weight excluding hydrogens is 484 g/mol. The average molecular weight is 500 g/mol. The third-order valence-corrected chi connectivity index (χ3v) is 5.15. The normalized spacial score (nSPS) is 11.1. The number of carbonyl (C=O) groups excluding carboxylic acids is 1. The number of hydrogen-bond donors (Lipinski definition) is 2. The first-order valence-corrected chi connectivity index (χ1v) is 9.94. The maximum atomic E-state index is 12.3. The van der Waals surface area contributed by atoms with Crippen LogP contribution < -0.4 is 10.9 Å². The number of carbonyl (C=O) groups is 1. The molecule has 140 valence electrons. The summed E-state index contributed by atoms with van der Waals surface area (Å²) in [6.07, 6.45) is 3.30. The summed E-state index contributed by atoms with van der Waals surface area (Å²) >= 11 is 6.91. The molecule has 2 N–H and O–H groups in total. The fraction of sp³-hybridized carbons (Fsp3) is 0. The summed E-state index contributed by atoms with van der Waals surface area (Å²) in [4.78, 5) is 12.3. The van der Waals surface area contributed by atoms with Gasteiger partial charge < -0.3 is 0 Å². The van der Waals surface area contributed by atoms with Crippen LogP contribution in [0.25, 0.3) is 0 Å². The molecule has 5 nitrogen and oxygen atoms in total. The molecule has 3 aromatic rings. The molecule has 0 saturated heterocycles. The number of halogens is 2. The van der Waals surface area contributed by atoms with E-state index < -0.39 is 0 Å². The van der Waals surface area contributed by atoms with Crippen LogP contribution in [0.3, 0.4) is 0 Å². The molecule has 0 aliphatic heterocycles. The first-order chi connectivity index (χ1) is 13.6. The zero-order chi connectivity index (χ0) is 19.8. The van der Waals surface area contributed by atoms with E-state index in [0.29, 0.717) is 11.3 Å². The molecule has 1 amide bonds. The van der Waals surface area contributed by atoms with Crippen molar-refractivity contribution in [3.8, 4) is 0 Å². The minimum atomic E-state index is -0.304. The molecule has 28 heavy (non-hydrogen) atoms. The fourth-order valence-corrected chi connectivity index (χ4v) is 3.07. The minimum Gasteiger partial charge on any atom is -0.278 e. The van der Waals surface area contributed by atoms with Gasteiger partial charge in [0.2, 0.25) is 0 Å². The summed E-state index contributed by atoms with van der Waals surface area (Å²) in [5, 5.41) is 8.22. The molecular formula is C21H16Br2N4O. The van der Waals surface area contributed by atoms with Crippen LogP contribution in [0.2, 0.25) is 0 Å². The minimum absolute atomic E-state index is 0.304. The van der Waals surface area contributed by atoms with Gasteiger partial charge >= 0.3 is 0 Å². The van der Waals surface area contributed by atoms with Crippen LogP contribution in [0.5, 0.6) is 0 Å². The van der Waals surface area contributed by atoms with Gasteiger partial charge in [0.15, 0.2) is 0 Å². The van der Waals surface area contributed by atoms with E-state index in [4.69, 9.17) is 0 Å².